The largest absolute Gasteiger partial charge is 0.274 e. The number of aromatic nitrogens is 2. The van der Waals surface area contributed by atoms with Crippen LogP contribution in [-0.4, -0.2) is 21.6 Å². The summed E-state index contributed by atoms with van der Waals surface area (Å²) in [5.74, 6) is -0.899. The maximum absolute atomic E-state index is 12.3. The molecule has 1 aromatic carbocycles. The summed E-state index contributed by atoms with van der Waals surface area (Å²) in [5.41, 5.74) is 10.4. The first-order valence-corrected chi connectivity index (χ1v) is 8.62. The smallest absolute Gasteiger partial charge is 0.267 e. The number of rotatable bonds is 2. The Morgan fingerprint density at radius 1 is 1.08 bits per heavy atom. The van der Waals surface area contributed by atoms with Crippen LogP contribution >= 0.6 is 0 Å². The molecule has 2 N–H and O–H groups in total. The predicted molar refractivity (Wildman–Crippen MR) is 97.4 cm³/mol. The van der Waals surface area contributed by atoms with Crippen molar-refractivity contribution in [2.24, 2.45) is 0 Å². The van der Waals surface area contributed by atoms with Crippen molar-refractivity contribution in [3.8, 4) is 11.3 Å². The third-order valence-corrected chi connectivity index (χ3v) is 4.62. The number of carbonyl (C=O) groups excluding carboxylic acids is 2. The van der Waals surface area contributed by atoms with E-state index >= 15 is 0 Å². The number of hydrogen-bond donors (Lipinski definition) is 2. The van der Waals surface area contributed by atoms with Crippen LogP contribution in [0.2, 0.25) is 0 Å². The molecule has 2 aromatic rings. The van der Waals surface area contributed by atoms with Gasteiger partial charge in [0.25, 0.3) is 11.5 Å². The fraction of sp³-hybridized carbons (Fsp3) is 0.368. The Balaban J connectivity index is 2.01. The standard InChI is InChI=1S/C19H22N4O3/c1-11-7-14-5-4-6-15-9-18(26)23(10-17(25)21-20-13(3)24)22-19(15)16(14)8-12(11)2/h7-9H,4-6,10H2,1-3H3,(H,20,24)(H,21,25). The number of hydrazine groups is 1. The second-order valence-electron chi connectivity index (χ2n) is 6.69. The number of hydrogen-bond acceptors (Lipinski definition) is 4. The molecule has 7 heteroatoms. The quantitative estimate of drug-likeness (QED) is 0.792. The van der Waals surface area contributed by atoms with Crippen molar-refractivity contribution in [3.05, 3.63) is 50.8 Å². The van der Waals surface area contributed by atoms with Crippen LogP contribution in [-0.2, 0) is 29.0 Å². The topological polar surface area (TPSA) is 93.1 Å². The minimum atomic E-state index is -0.510. The van der Waals surface area contributed by atoms with E-state index in [2.05, 4.69) is 41.9 Å². The highest BCUT2D eigenvalue weighted by Gasteiger charge is 2.19. The summed E-state index contributed by atoms with van der Waals surface area (Å²) in [6, 6.07) is 5.85. The highest BCUT2D eigenvalue weighted by molar-refractivity contribution is 5.80. The molecular weight excluding hydrogens is 332 g/mol. The summed E-state index contributed by atoms with van der Waals surface area (Å²) in [7, 11) is 0. The van der Waals surface area contributed by atoms with Crippen molar-refractivity contribution in [2.75, 3.05) is 0 Å². The first-order valence-electron chi connectivity index (χ1n) is 8.62. The van der Waals surface area contributed by atoms with Gasteiger partial charge < -0.3 is 0 Å². The van der Waals surface area contributed by atoms with Crippen LogP contribution in [0.3, 0.4) is 0 Å². The molecule has 0 fully saturated rings. The minimum Gasteiger partial charge on any atom is -0.274 e. The number of carbonyl (C=O) groups is 2. The van der Waals surface area contributed by atoms with Crippen molar-refractivity contribution in [2.45, 2.75) is 46.6 Å². The van der Waals surface area contributed by atoms with E-state index in [1.165, 1.54) is 23.6 Å². The van der Waals surface area contributed by atoms with Gasteiger partial charge in [-0.3, -0.25) is 25.2 Å². The van der Waals surface area contributed by atoms with E-state index < -0.39 is 5.91 Å². The molecule has 1 aliphatic rings. The molecule has 0 aliphatic heterocycles. The van der Waals surface area contributed by atoms with Gasteiger partial charge in [0.1, 0.15) is 6.54 Å². The van der Waals surface area contributed by atoms with Gasteiger partial charge in [0.05, 0.1) is 5.69 Å². The van der Waals surface area contributed by atoms with Crippen LogP contribution in [0, 0.1) is 13.8 Å². The van der Waals surface area contributed by atoms with Gasteiger partial charge >= 0.3 is 0 Å². The number of benzene rings is 1. The van der Waals surface area contributed by atoms with Crippen LogP contribution in [0.25, 0.3) is 11.3 Å². The van der Waals surface area contributed by atoms with Crippen LogP contribution in [0.15, 0.2) is 23.0 Å². The Hall–Kier alpha value is -2.96. The van der Waals surface area contributed by atoms with Crippen LogP contribution in [0.1, 0.15) is 35.6 Å². The molecule has 26 heavy (non-hydrogen) atoms. The summed E-state index contributed by atoms with van der Waals surface area (Å²) in [6.45, 7) is 5.17. The number of nitrogens with one attached hydrogen (secondary N) is 2. The monoisotopic (exact) mass is 354 g/mol. The van der Waals surface area contributed by atoms with E-state index in [0.29, 0.717) is 0 Å². The molecule has 0 spiro atoms. The molecule has 0 bridgehead atoms. The van der Waals surface area contributed by atoms with Gasteiger partial charge in [-0.1, -0.05) is 6.07 Å². The van der Waals surface area contributed by atoms with Gasteiger partial charge in [0.2, 0.25) is 5.91 Å². The predicted octanol–water partition coefficient (Wildman–Crippen LogP) is 1.18. The highest BCUT2D eigenvalue weighted by Crippen LogP contribution is 2.32. The van der Waals surface area contributed by atoms with Crippen LogP contribution in [0.5, 0.6) is 0 Å². The molecule has 0 atom stereocenters. The zero-order chi connectivity index (χ0) is 18.8. The van der Waals surface area contributed by atoms with Crippen molar-refractivity contribution < 1.29 is 9.59 Å². The van der Waals surface area contributed by atoms with Gasteiger partial charge in [-0.15, -0.1) is 0 Å². The molecular formula is C19H22N4O3. The van der Waals surface area contributed by atoms with Gasteiger partial charge in [0, 0.05) is 18.6 Å². The molecule has 136 valence electrons. The average Bonchev–Trinajstić information content (AvgIpc) is 2.73. The SMILES string of the molecule is CC(=O)NNC(=O)Cn1nc2c(cc1=O)CCCc1cc(C)c(C)cc1-2. The minimum absolute atomic E-state index is 0.257. The number of fused-ring (bicyclic) bond motifs is 3. The summed E-state index contributed by atoms with van der Waals surface area (Å²) in [5, 5.41) is 4.48. The lowest BCUT2D eigenvalue weighted by atomic mass is 9.96. The van der Waals surface area contributed by atoms with Crippen molar-refractivity contribution in [1.29, 1.82) is 0 Å². The van der Waals surface area contributed by atoms with E-state index in [1.807, 2.05) is 0 Å². The summed E-state index contributed by atoms with van der Waals surface area (Å²) in [4.78, 5) is 35.2. The fourth-order valence-electron chi connectivity index (χ4n) is 3.16. The zero-order valence-electron chi connectivity index (χ0n) is 15.2. The lowest BCUT2D eigenvalue weighted by Crippen LogP contribution is -2.43. The van der Waals surface area contributed by atoms with Crippen molar-refractivity contribution in [1.82, 2.24) is 20.6 Å². The van der Waals surface area contributed by atoms with Crippen LogP contribution in [0.4, 0.5) is 0 Å². The molecule has 1 aliphatic carbocycles. The maximum Gasteiger partial charge on any atom is 0.267 e. The zero-order valence-corrected chi connectivity index (χ0v) is 15.2. The lowest BCUT2D eigenvalue weighted by molar-refractivity contribution is -0.128. The third-order valence-electron chi connectivity index (χ3n) is 4.62. The second kappa shape index (κ2) is 7.11. The van der Waals surface area contributed by atoms with E-state index in [1.54, 1.807) is 6.07 Å². The lowest BCUT2D eigenvalue weighted by Gasteiger charge is -2.13. The fourth-order valence-corrected chi connectivity index (χ4v) is 3.16. The van der Waals surface area contributed by atoms with E-state index in [4.69, 9.17) is 0 Å². The van der Waals surface area contributed by atoms with Crippen LogP contribution < -0.4 is 16.4 Å². The van der Waals surface area contributed by atoms with E-state index in [-0.39, 0.29) is 18.0 Å². The molecule has 1 aromatic heterocycles. The Bertz CT molecular complexity index is 947. The highest BCUT2D eigenvalue weighted by atomic mass is 16.2. The third kappa shape index (κ3) is 3.66. The van der Waals surface area contributed by atoms with Gasteiger partial charge in [0.15, 0.2) is 0 Å². The second-order valence-corrected chi connectivity index (χ2v) is 6.69. The molecule has 1 heterocycles. The maximum atomic E-state index is 12.3. The van der Waals surface area contributed by atoms with Crippen molar-refractivity contribution >= 4 is 11.8 Å². The summed E-state index contributed by atoms with van der Waals surface area (Å²) in [6.07, 6.45) is 2.67. The molecule has 0 saturated heterocycles. The number of aryl methyl sites for hydroxylation is 4. The Morgan fingerprint density at radius 2 is 1.77 bits per heavy atom. The Morgan fingerprint density at radius 3 is 2.50 bits per heavy atom. The van der Waals surface area contributed by atoms with Gasteiger partial charge in [-0.2, -0.15) is 5.10 Å². The number of nitrogens with zero attached hydrogens (tertiary/aromatic N) is 2. The van der Waals surface area contributed by atoms with E-state index in [0.717, 1.165) is 40.8 Å². The van der Waals surface area contributed by atoms with E-state index in [9.17, 15) is 14.4 Å². The summed E-state index contributed by atoms with van der Waals surface area (Å²) >= 11 is 0. The first-order chi connectivity index (χ1) is 12.3. The first kappa shape index (κ1) is 17.8. The number of amides is 2. The molecule has 2 amide bonds. The molecule has 0 radical (unpaired) electrons. The Kier molecular flexibility index (Phi) is 4.88. The molecule has 7 nitrogen and oxygen atoms in total. The molecule has 3 rings (SSSR count). The van der Waals surface area contributed by atoms with Crippen molar-refractivity contribution in [3.63, 3.8) is 0 Å². The average molecular weight is 354 g/mol. The Labute approximate surface area is 151 Å². The van der Waals surface area contributed by atoms with Gasteiger partial charge in [-0.25, -0.2) is 4.68 Å². The van der Waals surface area contributed by atoms with Gasteiger partial charge in [-0.05, 0) is 61.4 Å². The molecule has 0 unspecified atom stereocenters. The summed E-state index contributed by atoms with van der Waals surface area (Å²) < 4.78 is 1.14. The normalized spacial score (nSPS) is 12.6. The molecule has 0 saturated carbocycles.